The molecule has 90 valence electrons. The van der Waals surface area contributed by atoms with E-state index in [2.05, 4.69) is 5.32 Å². The lowest BCUT2D eigenvalue weighted by Crippen LogP contribution is -2.31. The molecule has 4 heteroatoms. The molecule has 0 saturated carbocycles. The molecule has 0 aliphatic rings. The molecule has 0 aliphatic carbocycles. The summed E-state index contributed by atoms with van der Waals surface area (Å²) in [4.78, 5) is 0. The fourth-order valence-electron chi connectivity index (χ4n) is 1.58. The normalized spacial score (nSPS) is 14.8. The van der Waals surface area contributed by atoms with Crippen molar-refractivity contribution in [3.8, 4) is 5.75 Å². The van der Waals surface area contributed by atoms with Crippen LogP contribution in [0.25, 0.3) is 0 Å². The molecular formula is C12H20N2O2. The summed E-state index contributed by atoms with van der Waals surface area (Å²) < 4.78 is 0. The van der Waals surface area contributed by atoms with Crippen LogP contribution in [-0.2, 0) is 0 Å². The number of aryl methyl sites for hydroxylation is 1. The van der Waals surface area contributed by atoms with Crippen LogP contribution in [0.3, 0.4) is 0 Å². The number of nitrogens with two attached hydrogens (primary N) is 1. The van der Waals surface area contributed by atoms with Gasteiger partial charge in [0.1, 0.15) is 5.75 Å². The van der Waals surface area contributed by atoms with E-state index in [0.29, 0.717) is 6.42 Å². The van der Waals surface area contributed by atoms with Crippen LogP contribution < -0.4 is 11.1 Å². The monoisotopic (exact) mass is 224 g/mol. The van der Waals surface area contributed by atoms with Gasteiger partial charge in [0.25, 0.3) is 0 Å². The van der Waals surface area contributed by atoms with Gasteiger partial charge in [0.05, 0.1) is 6.10 Å². The van der Waals surface area contributed by atoms with Crippen LogP contribution >= 0.6 is 0 Å². The van der Waals surface area contributed by atoms with E-state index in [0.717, 1.165) is 17.7 Å². The molecule has 1 aromatic rings. The SMILES string of the molecule is CNCCC(N)C(O)c1ccc(O)c(C)c1. The first kappa shape index (κ1) is 13.0. The predicted molar refractivity (Wildman–Crippen MR) is 64.3 cm³/mol. The minimum absolute atomic E-state index is 0.236. The van der Waals surface area contributed by atoms with Crippen molar-refractivity contribution >= 4 is 0 Å². The summed E-state index contributed by atoms with van der Waals surface area (Å²) >= 11 is 0. The van der Waals surface area contributed by atoms with Crippen molar-refractivity contribution in [1.29, 1.82) is 0 Å². The summed E-state index contributed by atoms with van der Waals surface area (Å²) in [6, 6.07) is 4.75. The van der Waals surface area contributed by atoms with Gasteiger partial charge < -0.3 is 21.3 Å². The summed E-state index contributed by atoms with van der Waals surface area (Å²) in [5.74, 6) is 0.236. The zero-order valence-corrected chi connectivity index (χ0v) is 9.77. The molecule has 1 aromatic carbocycles. The molecule has 0 saturated heterocycles. The molecule has 0 aromatic heterocycles. The van der Waals surface area contributed by atoms with Gasteiger partial charge in [-0.2, -0.15) is 0 Å². The van der Waals surface area contributed by atoms with E-state index >= 15 is 0 Å². The Morgan fingerprint density at radius 3 is 2.69 bits per heavy atom. The van der Waals surface area contributed by atoms with E-state index < -0.39 is 6.10 Å². The van der Waals surface area contributed by atoms with Gasteiger partial charge in [-0.25, -0.2) is 0 Å². The van der Waals surface area contributed by atoms with Crippen molar-refractivity contribution in [1.82, 2.24) is 5.32 Å². The predicted octanol–water partition coefficient (Wildman–Crippen LogP) is 0.671. The highest BCUT2D eigenvalue weighted by Crippen LogP contribution is 2.23. The summed E-state index contributed by atoms with van der Waals surface area (Å²) in [6.45, 7) is 2.57. The molecule has 0 heterocycles. The third-order valence-electron chi connectivity index (χ3n) is 2.70. The molecule has 2 unspecified atom stereocenters. The number of phenols is 1. The molecule has 0 fully saturated rings. The quantitative estimate of drug-likeness (QED) is 0.593. The van der Waals surface area contributed by atoms with Crippen molar-refractivity contribution < 1.29 is 10.2 Å². The van der Waals surface area contributed by atoms with Gasteiger partial charge in [0.2, 0.25) is 0 Å². The van der Waals surface area contributed by atoms with Gasteiger partial charge >= 0.3 is 0 Å². The van der Waals surface area contributed by atoms with E-state index in [1.165, 1.54) is 0 Å². The first-order valence-electron chi connectivity index (χ1n) is 5.44. The molecule has 0 amide bonds. The van der Waals surface area contributed by atoms with Crippen LogP contribution in [0.15, 0.2) is 18.2 Å². The van der Waals surface area contributed by atoms with Crippen molar-refractivity contribution in [2.24, 2.45) is 5.73 Å². The van der Waals surface area contributed by atoms with E-state index in [1.807, 2.05) is 7.05 Å². The van der Waals surface area contributed by atoms with Crippen molar-refractivity contribution in [2.75, 3.05) is 13.6 Å². The molecule has 0 bridgehead atoms. The Hall–Kier alpha value is -1.10. The van der Waals surface area contributed by atoms with E-state index in [-0.39, 0.29) is 11.8 Å². The first-order chi connectivity index (χ1) is 7.56. The zero-order chi connectivity index (χ0) is 12.1. The number of benzene rings is 1. The average Bonchev–Trinajstić information content (AvgIpc) is 2.28. The third-order valence-corrected chi connectivity index (χ3v) is 2.70. The van der Waals surface area contributed by atoms with Crippen LogP contribution in [0.1, 0.15) is 23.7 Å². The standard InChI is InChI=1S/C12H20N2O2/c1-8-7-9(3-4-11(8)15)12(16)10(13)5-6-14-2/h3-4,7,10,12,14-16H,5-6,13H2,1-2H3. The highest BCUT2D eigenvalue weighted by atomic mass is 16.3. The Balaban J connectivity index is 2.71. The number of aromatic hydroxyl groups is 1. The highest BCUT2D eigenvalue weighted by molar-refractivity contribution is 5.36. The topological polar surface area (TPSA) is 78.5 Å². The van der Waals surface area contributed by atoms with E-state index in [4.69, 9.17) is 5.73 Å². The van der Waals surface area contributed by atoms with Crippen LogP contribution in [0.5, 0.6) is 5.75 Å². The first-order valence-corrected chi connectivity index (χ1v) is 5.44. The maximum Gasteiger partial charge on any atom is 0.118 e. The van der Waals surface area contributed by atoms with E-state index in [1.54, 1.807) is 25.1 Å². The van der Waals surface area contributed by atoms with Gasteiger partial charge in [-0.15, -0.1) is 0 Å². The second-order valence-electron chi connectivity index (χ2n) is 4.05. The molecule has 0 radical (unpaired) electrons. The van der Waals surface area contributed by atoms with Crippen molar-refractivity contribution in [2.45, 2.75) is 25.5 Å². The van der Waals surface area contributed by atoms with Crippen LogP contribution in [0.2, 0.25) is 0 Å². The minimum atomic E-state index is -0.687. The number of rotatable bonds is 5. The fraction of sp³-hybridized carbons (Fsp3) is 0.500. The minimum Gasteiger partial charge on any atom is -0.508 e. The Bertz CT molecular complexity index is 342. The Kier molecular flexibility index (Phi) is 4.73. The largest absolute Gasteiger partial charge is 0.508 e. The van der Waals surface area contributed by atoms with Crippen LogP contribution in [0.4, 0.5) is 0 Å². The number of hydrogen-bond acceptors (Lipinski definition) is 4. The Morgan fingerprint density at radius 1 is 1.44 bits per heavy atom. The molecule has 1 rings (SSSR count). The number of nitrogens with one attached hydrogen (secondary N) is 1. The molecular weight excluding hydrogens is 204 g/mol. The zero-order valence-electron chi connectivity index (χ0n) is 9.77. The number of phenolic OH excluding ortho intramolecular Hbond substituents is 1. The molecule has 5 N–H and O–H groups in total. The molecule has 2 atom stereocenters. The molecule has 0 spiro atoms. The second kappa shape index (κ2) is 5.84. The van der Waals surface area contributed by atoms with Crippen molar-refractivity contribution in [3.63, 3.8) is 0 Å². The Morgan fingerprint density at radius 2 is 2.12 bits per heavy atom. The lowest BCUT2D eigenvalue weighted by Gasteiger charge is -2.19. The van der Waals surface area contributed by atoms with Gasteiger partial charge in [0.15, 0.2) is 0 Å². The van der Waals surface area contributed by atoms with E-state index in [9.17, 15) is 10.2 Å². The maximum absolute atomic E-state index is 10.00. The Labute approximate surface area is 96.1 Å². The summed E-state index contributed by atoms with van der Waals surface area (Å²) in [5, 5.41) is 22.4. The summed E-state index contributed by atoms with van der Waals surface area (Å²) in [6.07, 6.45) is 0.0186. The summed E-state index contributed by atoms with van der Waals surface area (Å²) in [7, 11) is 1.85. The number of aliphatic hydroxyl groups is 1. The molecule has 4 nitrogen and oxygen atoms in total. The smallest absolute Gasteiger partial charge is 0.118 e. The third kappa shape index (κ3) is 3.20. The fourth-order valence-corrected chi connectivity index (χ4v) is 1.58. The maximum atomic E-state index is 10.00. The van der Waals surface area contributed by atoms with Crippen LogP contribution in [-0.4, -0.2) is 29.8 Å². The molecule has 0 aliphatic heterocycles. The summed E-state index contributed by atoms with van der Waals surface area (Å²) in [5.41, 5.74) is 7.37. The van der Waals surface area contributed by atoms with Crippen molar-refractivity contribution in [3.05, 3.63) is 29.3 Å². The lowest BCUT2D eigenvalue weighted by atomic mass is 9.98. The number of aliphatic hydroxyl groups excluding tert-OH is 1. The van der Waals surface area contributed by atoms with Gasteiger partial charge in [-0.05, 0) is 50.2 Å². The highest BCUT2D eigenvalue weighted by Gasteiger charge is 2.16. The van der Waals surface area contributed by atoms with Gasteiger partial charge in [-0.1, -0.05) is 6.07 Å². The molecule has 16 heavy (non-hydrogen) atoms. The number of hydrogen-bond donors (Lipinski definition) is 4. The van der Waals surface area contributed by atoms with Gasteiger partial charge in [-0.3, -0.25) is 0 Å². The average molecular weight is 224 g/mol. The van der Waals surface area contributed by atoms with Gasteiger partial charge in [0, 0.05) is 6.04 Å². The lowest BCUT2D eigenvalue weighted by molar-refractivity contribution is 0.142. The second-order valence-corrected chi connectivity index (χ2v) is 4.05. The van der Waals surface area contributed by atoms with Crippen LogP contribution in [0, 0.1) is 6.92 Å².